The summed E-state index contributed by atoms with van der Waals surface area (Å²) >= 11 is 0. The standard InChI is InChI=1S/C13H19NO3/c1-10-11(4-6-17-10)7-14(2)8-13(15)12-3-5-16-9-12/h4,6,12H,3,5,7-9H2,1-2H3. The number of rotatable bonds is 5. The van der Waals surface area contributed by atoms with Crippen molar-refractivity contribution in [2.75, 3.05) is 26.8 Å². The highest BCUT2D eigenvalue weighted by atomic mass is 16.5. The van der Waals surface area contributed by atoms with Crippen LogP contribution in [0, 0.1) is 12.8 Å². The molecule has 0 N–H and O–H groups in total. The van der Waals surface area contributed by atoms with Crippen molar-refractivity contribution in [1.29, 1.82) is 0 Å². The highest BCUT2D eigenvalue weighted by Gasteiger charge is 2.24. The molecule has 4 heteroatoms. The maximum absolute atomic E-state index is 11.9. The number of carbonyl (C=O) groups is 1. The van der Waals surface area contributed by atoms with Crippen LogP contribution in [0.15, 0.2) is 16.7 Å². The van der Waals surface area contributed by atoms with Gasteiger partial charge in [-0.15, -0.1) is 0 Å². The molecule has 1 aliphatic rings. The number of Topliss-reactive ketones (excluding diaryl/α,β-unsaturated/α-hetero) is 1. The number of aryl methyl sites for hydroxylation is 1. The Kier molecular flexibility index (Phi) is 3.97. The van der Waals surface area contributed by atoms with Gasteiger partial charge in [-0.05, 0) is 26.5 Å². The van der Waals surface area contributed by atoms with Gasteiger partial charge < -0.3 is 9.15 Å². The average molecular weight is 237 g/mol. The van der Waals surface area contributed by atoms with E-state index in [4.69, 9.17) is 9.15 Å². The maximum atomic E-state index is 11.9. The molecule has 1 aliphatic heterocycles. The van der Waals surface area contributed by atoms with Crippen molar-refractivity contribution < 1.29 is 13.9 Å². The molecule has 1 aromatic rings. The zero-order valence-electron chi connectivity index (χ0n) is 10.4. The van der Waals surface area contributed by atoms with E-state index in [1.54, 1.807) is 6.26 Å². The molecular formula is C13H19NO3. The molecule has 1 atom stereocenters. The lowest BCUT2D eigenvalue weighted by Crippen LogP contribution is -2.30. The van der Waals surface area contributed by atoms with Gasteiger partial charge in [-0.25, -0.2) is 0 Å². The molecule has 1 aromatic heterocycles. The summed E-state index contributed by atoms with van der Waals surface area (Å²) < 4.78 is 10.5. The van der Waals surface area contributed by atoms with Crippen LogP contribution in [-0.2, 0) is 16.1 Å². The molecule has 0 aliphatic carbocycles. The van der Waals surface area contributed by atoms with Crippen molar-refractivity contribution >= 4 is 5.78 Å². The predicted octanol–water partition coefficient (Wildman–Crippen LogP) is 1.63. The fourth-order valence-electron chi connectivity index (χ4n) is 2.11. The third-order valence-corrected chi connectivity index (χ3v) is 3.22. The summed E-state index contributed by atoms with van der Waals surface area (Å²) in [5.74, 6) is 1.31. The molecule has 2 rings (SSSR count). The Morgan fingerprint density at radius 3 is 3.00 bits per heavy atom. The zero-order chi connectivity index (χ0) is 12.3. The fourth-order valence-corrected chi connectivity index (χ4v) is 2.11. The largest absolute Gasteiger partial charge is 0.469 e. The maximum Gasteiger partial charge on any atom is 0.152 e. The summed E-state index contributed by atoms with van der Waals surface area (Å²) in [7, 11) is 1.96. The number of furan rings is 1. The van der Waals surface area contributed by atoms with Gasteiger partial charge in [-0.3, -0.25) is 9.69 Å². The van der Waals surface area contributed by atoms with Crippen LogP contribution >= 0.6 is 0 Å². The Hall–Kier alpha value is -1.13. The minimum Gasteiger partial charge on any atom is -0.469 e. The first-order valence-electron chi connectivity index (χ1n) is 5.99. The summed E-state index contributed by atoms with van der Waals surface area (Å²) in [6, 6.07) is 1.95. The molecule has 17 heavy (non-hydrogen) atoms. The fraction of sp³-hybridized carbons (Fsp3) is 0.615. The second-order valence-electron chi connectivity index (χ2n) is 4.70. The average Bonchev–Trinajstić information content (AvgIpc) is 2.90. The first-order valence-corrected chi connectivity index (χ1v) is 5.99. The van der Waals surface area contributed by atoms with E-state index < -0.39 is 0 Å². The number of ether oxygens (including phenoxy) is 1. The molecule has 0 spiro atoms. The van der Waals surface area contributed by atoms with Gasteiger partial charge in [0.15, 0.2) is 5.78 Å². The number of nitrogens with zero attached hydrogens (tertiary/aromatic N) is 1. The molecule has 1 unspecified atom stereocenters. The van der Waals surface area contributed by atoms with Crippen molar-refractivity contribution in [3.05, 3.63) is 23.7 Å². The Labute approximate surface area is 102 Å². The van der Waals surface area contributed by atoms with Crippen LogP contribution in [0.2, 0.25) is 0 Å². The van der Waals surface area contributed by atoms with E-state index in [-0.39, 0.29) is 11.7 Å². The molecule has 1 saturated heterocycles. The van der Waals surface area contributed by atoms with E-state index >= 15 is 0 Å². The number of carbonyl (C=O) groups excluding carboxylic acids is 1. The number of hydrogen-bond donors (Lipinski definition) is 0. The quantitative estimate of drug-likeness (QED) is 0.780. The molecule has 1 fully saturated rings. The van der Waals surface area contributed by atoms with Crippen LogP contribution in [0.25, 0.3) is 0 Å². The SMILES string of the molecule is Cc1occc1CN(C)CC(=O)C1CCOC1. The van der Waals surface area contributed by atoms with Gasteiger partial charge in [0.25, 0.3) is 0 Å². The van der Waals surface area contributed by atoms with E-state index in [2.05, 4.69) is 0 Å². The normalized spacial score (nSPS) is 20.1. The lowest BCUT2D eigenvalue weighted by molar-refractivity contribution is -0.123. The third kappa shape index (κ3) is 3.17. The van der Waals surface area contributed by atoms with E-state index in [0.29, 0.717) is 13.2 Å². The van der Waals surface area contributed by atoms with E-state index in [1.165, 1.54) is 0 Å². The van der Waals surface area contributed by atoms with Gasteiger partial charge in [0.1, 0.15) is 5.76 Å². The van der Waals surface area contributed by atoms with Gasteiger partial charge in [-0.2, -0.15) is 0 Å². The van der Waals surface area contributed by atoms with Gasteiger partial charge >= 0.3 is 0 Å². The van der Waals surface area contributed by atoms with Crippen LogP contribution in [0.5, 0.6) is 0 Å². The number of ketones is 1. The molecule has 94 valence electrons. The van der Waals surface area contributed by atoms with Crippen LogP contribution in [0.4, 0.5) is 0 Å². The summed E-state index contributed by atoms with van der Waals surface area (Å²) in [5, 5.41) is 0. The van der Waals surface area contributed by atoms with E-state index in [9.17, 15) is 4.79 Å². The first-order chi connectivity index (χ1) is 8.16. The third-order valence-electron chi connectivity index (χ3n) is 3.22. The molecule has 0 bridgehead atoms. The van der Waals surface area contributed by atoms with Crippen LogP contribution in [-0.4, -0.2) is 37.5 Å². The molecular weight excluding hydrogens is 218 g/mol. The lowest BCUT2D eigenvalue weighted by Gasteiger charge is -2.17. The summed E-state index contributed by atoms with van der Waals surface area (Å²) in [5.41, 5.74) is 1.14. The second kappa shape index (κ2) is 5.47. The van der Waals surface area contributed by atoms with Crippen molar-refractivity contribution in [2.24, 2.45) is 5.92 Å². The molecule has 2 heterocycles. The highest BCUT2D eigenvalue weighted by Crippen LogP contribution is 2.15. The smallest absolute Gasteiger partial charge is 0.152 e. The lowest BCUT2D eigenvalue weighted by atomic mass is 10.0. The van der Waals surface area contributed by atoms with Crippen molar-refractivity contribution in [3.63, 3.8) is 0 Å². The minimum atomic E-state index is 0.0999. The minimum absolute atomic E-state index is 0.0999. The number of likely N-dealkylation sites (N-methyl/N-ethyl adjacent to an activating group) is 1. The second-order valence-corrected chi connectivity index (χ2v) is 4.70. The summed E-state index contributed by atoms with van der Waals surface area (Å²) in [6.07, 6.45) is 2.56. The van der Waals surface area contributed by atoms with Gasteiger partial charge in [0.2, 0.25) is 0 Å². The van der Waals surface area contributed by atoms with Crippen molar-refractivity contribution in [3.8, 4) is 0 Å². The summed E-state index contributed by atoms with van der Waals surface area (Å²) in [6.45, 7) is 4.49. The van der Waals surface area contributed by atoms with E-state index in [0.717, 1.165) is 30.9 Å². The molecule has 0 amide bonds. The highest BCUT2D eigenvalue weighted by molar-refractivity contribution is 5.83. The Balaban J connectivity index is 1.82. The van der Waals surface area contributed by atoms with E-state index in [1.807, 2.05) is 24.9 Å². The summed E-state index contributed by atoms with van der Waals surface area (Å²) in [4.78, 5) is 14.0. The molecule has 4 nitrogen and oxygen atoms in total. The number of hydrogen-bond acceptors (Lipinski definition) is 4. The zero-order valence-corrected chi connectivity index (χ0v) is 10.4. The Morgan fingerprint density at radius 1 is 1.59 bits per heavy atom. The van der Waals surface area contributed by atoms with Crippen molar-refractivity contribution in [1.82, 2.24) is 4.90 Å². The van der Waals surface area contributed by atoms with Crippen LogP contribution < -0.4 is 0 Å². The van der Waals surface area contributed by atoms with Crippen LogP contribution in [0.1, 0.15) is 17.7 Å². The molecule has 0 aromatic carbocycles. The Bertz CT molecular complexity index is 380. The van der Waals surface area contributed by atoms with Crippen molar-refractivity contribution in [2.45, 2.75) is 19.9 Å². The first kappa shape index (κ1) is 12.3. The molecule has 0 saturated carbocycles. The monoisotopic (exact) mass is 237 g/mol. The van der Waals surface area contributed by atoms with Gasteiger partial charge in [-0.1, -0.05) is 0 Å². The predicted molar refractivity (Wildman–Crippen MR) is 63.7 cm³/mol. The van der Waals surface area contributed by atoms with Crippen LogP contribution in [0.3, 0.4) is 0 Å². The van der Waals surface area contributed by atoms with Gasteiger partial charge in [0.05, 0.1) is 19.4 Å². The topological polar surface area (TPSA) is 42.7 Å². The molecule has 0 radical (unpaired) electrons. The Morgan fingerprint density at radius 2 is 2.41 bits per heavy atom. The van der Waals surface area contributed by atoms with Gasteiger partial charge in [0, 0.05) is 24.6 Å².